The lowest BCUT2D eigenvalue weighted by atomic mass is 10.1. The van der Waals surface area contributed by atoms with Crippen LogP contribution in [0.15, 0.2) is 42.0 Å². The Morgan fingerprint density at radius 3 is 2.79 bits per heavy atom. The quantitative estimate of drug-likeness (QED) is 0.398. The number of aromatic nitrogens is 4. The Balaban J connectivity index is 1.41. The molecule has 0 spiro atoms. The van der Waals surface area contributed by atoms with E-state index < -0.39 is 21.8 Å². The summed E-state index contributed by atoms with van der Waals surface area (Å²) in [6, 6.07) is 5.83. The highest BCUT2D eigenvalue weighted by atomic mass is 32.2. The van der Waals surface area contributed by atoms with Gasteiger partial charge in [0.1, 0.15) is 5.69 Å². The van der Waals surface area contributed by atoms with Crippen molar-refractivity contribution in [2.24, 2.45) is 0 Å². The van der Waals surface area contributed by atoms with Crippen LogP contribution < -0.4 is 5.32 Å². The van der Waals surface area contributed by atoms with Crippen molar-refractivity contribution in [3.05, 3.63) is 47.9 Å². The van der Waals surface area contributed by atoms with Crippen molar-refractivity contribution in [1.29, 1.82) is 0 Å². The van der Waals surface area contributed by atoms with Crippen molar-refractivity contribution in [2.45, 2.75) is 6.92 Å². The Morgan fingerprint density at radius 1 is 1.21 bits per heavy atom. The van der Waals surface area contributed by atoms with Crippen molar-refractivity contribution >= 4 is 32.5 Å². The highest BCUT2D eigenvalue weighted by Gasteiger charge is 2.34. The van der Waals surface area contributed by atoms with Crippen LogP contribution in [0.25, 0.3) is 27.6 Å². The molecule has 0 aliphatic carbocycles. The SMILES string of the molecule is CCN1CCN(CCNc2nccc(-c3c(-c4ccc(F)c(O)c4)nc4sccn34)n2)S1(=O)=O. The molecule has 1 saturated heterocycles. The average molecular weight is 504 g/mol. The number of fused-ring (bicyclic) bond motifs is 1. The van der Waals surface area contributed by atoms with Crippen LogP contribution in [-0.4, -0.2) is 74.2 Å². The van der Waals surface area contributed by atoms with Crippen LogP contribution in [0.5, 0.6) is 5.75 Å². The van der Waals surface area contributed by atoms with Gasteiger partial charge in [0.15, 0.2) is 16.5 Å². The molecular formula is C21H22FN7O3S2. The van der Waals surface area contributed by atoms with Gasteiger partial charge in [0, 0.05) is 56.1 Å². The Hall–Kier alpha value is -3.13. The predicted octanol–water partition coefficient (Wildman–Crippen LogP) is 2.66. The van der Waals surface area contributed by atoms with Crippen molar-refractivity contribution in [2.75, 3.05) is 38.0 Å². The van der Waals surface area contributed by atoms with Gasteiger partial charge in [-0.1, -0.05) is 6.92 Å². The van der Waals surface area contributed by atoms with E-state index in [0.29, 0.717) is 61.3 Å². The van der Waals surface area contributed by atoms with Gasteiger partial charge in [0.2, 0.25) is 5.95 Å². The van der Waals surface area contributed by atoms with Crippen molar-refractivity contribution < 1.29 is 17.9 Å². The lowest BCUT2D eigenvalue weighted by molar-refractivity contribution is 0.432. The summed E-state index contributed by atoms with van der Waals surface area (Å²) in [7, 11) is -3.41. The number of phenols is 1. The van der Waals surface area contributed by atoms with Gasteiger partial charge in [-0.15, -0.1) is 11.3 Å². The molecule has 0 radical (unpaired) electrons. The highest BCUT2D eigenvalue weighted by Crippen LogP contribution is 2.35. The summed E-state index contributed by atoms with van der Waals surface area (Å²) in [6.07, 6.45) is 3.47. The number of imidazole rings is 1. The minimum atomic E-state index is -3.41. The zero-order valence-electron chi connectivity index (χ0n) is 18.2. The number of hydrogen-bond donors (Lipinski definition) is 2. The molecule has 10 nitrogen and oxygen atoms in total. The van der Waals surface area contributed by atoms with E-state index in [4.69, 9.17) is 0 Å². The minimum absolute atomic E-state index is 0.300. The van der Waals surface area contributed by atoms with E-state index in [1.807, 2.05) is 22.9 Å². The van der Waals surface area contributed by atoms with Crippen LogP contribution >= 0.6 is 11.3 Å². The smallest absolute Gasteiger partial charge is 0.282 e. The first-order chi connectivity index (χ1) is 16.4. The maximum atomic E-state index is 13.6. The third kappa shape index (κ3) is 4.00. The summed E-state index contributed by atoms with van der Waals surface area (Å²) in [5, 5.41) is 14.9. The van der Waals surface area contributed by atoms with E-state index in [1.54, 1.807) is 18.3 Å². The molecule has 13 heteroatoms. The molecule has 0 atom stereocenters. The summed E-state index contributed by atoms with van der Waals surface area (Å²) in [4.78, 5) is 14.2. The monoisotopic (exact) mass is 503 g/mol. The average Bonchev–Trinajstić information content (AvgIpc) is 3.48. The van der Waals surface area contributed by atoms with Crippen LogP contribution in [0.4, 0.5) is 10.3 Å². The largest absolute Gasteiger partial charge is 0.505 e. The third-order valence-electron chi connectivity index (χ3n) is 5.63. The van der Waals surface area contributed by atoms with Crippen LogP contribution in [0.1, 0.15) is 6.92 Å². The van der Waals surface area contributed by atoms with Gasteiger partial charge in [0.05, 0.1) is 11.4 Å². The Labute approximate surface area is 199 Å². The second-order valence-electron chi connectivity index (χ2n) is 7.62. The summed E-state index contributed by atoms with van der Waals surface area (Å²) < 4.78 is 43.2. The fourth-order valence-corrected chi connectivity index (χ4v) is 6.24. The van der Waals surface area contributed by atoms with Gasteiger partial charge in [-0.3, -0.25) is 4.40 Å². The number of hydrogen-bond acceptors (Lipinski definition) is 8. The molecule has 4 aromatic rings. The maximum Gasteiger partial charge on any atom is 0.282 e. The van der Waals surface area contributed by atoms with Crippen LogP contribution in [0.3, 0.4) is 0 Å². The van der Waals surface area contributed by atoms with Crippen LogP contribution in [0.2, 0.25) is 0 Å². The van der Waals surface area contributed by atoms with E-state index in [9.17, 15) is 17.9 Å². The highest BCUT2D eigenvalue weighted by molar-refractivity contribution is 7.87. The Bertz CT molecular complexity index is 1450. The van der Waals surface area contributed by atoms with Gasteiger partial charge in [-0.25, -0.2) is 19.3 Å². The van der Waals surface area contributed by atoms with E-state index in [0.717, 1.165) is 4.96 Å². The number of nitrogens with one attached hydrogen (secondary N) is 1. The van der Waals surface area contributed by atoms with E-state index in [2.05, 4.69) is 20.3 Å². The van der Waals surface area contributed by atoms with Gasteiger partial charge >= 0.3 is 0 Å². The molecule has 0 bridgehead atoms. The first-order valence-electron chi connectivity index (χ1n) is 10.7. The summed E-state index contributed by atoms with van der Waals surface area (Å²) in [6.45, 7) is 3.87. The Morgan fingerprint density at radius 2 is 2.03 bits per heavy atom. The van der Waals surface area contributed by atoms with Crippen LogP contribution in [0, 0.1) is 5.82 Å². The van der Waals surface area contributed by atoms with Gasteiger partial charge in [-0.05, 0) is 24.3 Å². The number of benzene rings is 1. The van der Waals surface area contributed by atoms with E-state index >= 15 is 0 Å². The standard InChI is InChI=1S/C21H22FN7O3S2/c1-2-27-9-10-28(34(27,31)32)8-7-24-20-23-6-5-16(25-20)19-18(26-21-29(19)11-12-33-21)14-3-4-15(22)17(30)13-14/h3-6,11-13,30H,2,7-10H2,1H3,(H,23,24,25). The third-order valence-corrected chi connectivity index (χ3v) is 8.50. The lowest BCUT2D eigenvalue weighted by Gasteiger charge is -2.17. The van der Waals surface area contributed by atoms with Gasteiger partial charge in [0.25, 0.3) is 10.2 Å². The number of nitrogens with zero attached hydrogens (tertiary/aromatic N) is 6. The summed E-state index contributed by atoms with van der Waals surface area (Å²) >= 11 is 1.44. The molecule has 0 unspecified atom stereocenters. The van der Waals surface area contributed by atoms with Crippen molar-refractivity contribution in [3.8, 4) is 28.4 Å². The second-order valence-corrected chi connectivity index (χ2v) is 10.4. The fraction of sp³-hybridized carbons (Fsp3) is 0.286. The maximum absolute atomic E-state index is 13.6. The zero-order valence-corrected chi connectivity index (χ0v) is 19.9. The molecular weight excluding hydrogens is 481 g/mol. The Kier molecular flexibility index (Phi) is 5.93. The van der Waals surface area contributed by atoms with Gasteiger partial charge < -0.3 is 10.4 Å². The van der Waals surface area contributed by atoms with Gasteiger partial charge in [-0.2, -0.15) is 17.0 Å². The first kappa shape index (κ1) is 22.7. The normalized spacial score (nSPS) is 16.4. The molecule has 178 valence electrons. The molecule has 34 heavy (non-hydrogen) atoms. The molecule has 5 rings (SSSR count). The topological polar surface area (TPSA) is 116 Å². The molecule has 3 aromatic heterocycles. The number of aromatic hydroxyl groups is 1. The number of rotatable bonds is 7. The number of halogens is 1. The fourth-order valence-electron chi connectivity index (χ4n) is 3.93. The molecule has 1 aliphatic rings. The number of thiazole rings is 1. The van der Waals surface area contributed by atoms with Crippen LogP contribution in [-0.2, 0) is 10.2 Å². The van der Waals surface area contributed by atoms with Crippen molar-refractivity contribution in [3.63, 3.8) is 0 Å². The zero-order chi connectivity index (χ0) is 23.9. The first-order valence-corrected chi connectivity index (χ1v) is 12.9. The van der Waals surface area contributed by atoms with E-state index in [-0.39, 0.29) is 0 Å². The molecule has 4 heterocycles. The summed E-state index contributed by atoms with van der Waals surface area (Å²) in [5.41, 5.74) is 2.36. The molecule has 0 saturated carbocycles. The van der Waals surface area contributed by atoms with E-state index in [1.165, 1.54) is 32.1 Å². The molecule has 1 aromatic carbocycles. The molecule has 1 aliphatic heterocycles. The molecule has 2 N–H and O–H groups in total. The lowest BCUT2D eigenvalue weighted by Crippen LogP contribution is -2.35. The molecule has 1 fully saturated rings. The number of likely N-dealkylation sites (N-methyl/N-ethyl adjacent to an activating group) is 1. The minimum Gasteiger partial charge on any atom is -0.505 e. The second kappa shape index (κ2) is 8.91. The molecule has 0 amide bonds. The predicted molar refractivity (Wildman–Crippen MR) is 127 cm³/mol. The number of phenolic OH excluding ortho intramolecular Hbond substituents is 1. The van der Waals surface area contributed by atoms with Crippen molar-refractivity contribution in [1.82, 2.24) is 28.0 Å². The summed E-state index contributed by atoms with van der Waals surface area (Å²) in [5.74, 6) is -0.815. The number of anilines is 1.